The molecule has 0 unspecified atom stereocenters. The summed E-state index contributed by atoms with van der Waals surface area (Å²) in [6.45, 7) is 4.09. The molecule has 2 amide bonds. The van der Waals surface area contributed by atoms with Crippen LogP contribution < -0.4 is 20.1 Å². The summed E-state index contributed by atoms with van der Waals surface area (Å²) in [5.74, 6) is 1.89. The minimum Gasteiger partial charge on any atom is -0.497 e. The van der Waals surface area contributed by atoms with Gasteiger partial charge in [-0.05, 0) is 69.6 Å². The predicted octanol–water partition coefficient (Wildman–Crippen LogP) is 3.91. The van der Waals surface area contributed by atoms with Gasteiger partial charge in [-0.1, -0.05) is 0 Å². The Morgan fingerprint density at radius 1 is 1.06 bits per heavy atom. The summed E-state index contributed by atoms with van der Waals surface area (Å²) in [7, 11) is 1.63. The van der Waals surface area contributed by atoms with E-state index in [0.717, 1.165) is 42.7 Å². The van der Waals surface area contributed by atoms with E-state index in [9.17, 15) is 9.59 Å². The van der Waals surface area contributed by atoms with Crippen LogP contribution in [0.2, 0.25) is 0 Å². The highest BCUT2D eigenvalue weighted by Crippen LogP contribution is 2.38. The van der Waals surface area contributed by atoms with Crippen LogP contribution in [0.3, 0.4) is 0 Å². The molecule has 2 aliphatic carbocycles. The summed E-state index contributed by atoms with van der Waals surface area (Å²) < 4.78 is 11.6. The molecule has 1 aromatic carbocycles. The number of fused-ring (bicyclic) bond motifs is 1. The highest BCUT2D eigenvalue weighted by atomic mass is 16.5. The largest absolute Gasteiger partial charge is 0.497 e. The number of hydrogen-bond donors (Lipinski definition) is 3. The summed E-state index contributed by atoms with van der Waals surface area (Å²) in [5, 5.41) is 6.16. The first-order valence-corrected chi connectivity index (χ1v) is 12.7. The number of methoxy groups -OCH3 is 1. The summed E-state index contributed by atoms with van der Waals surface area (Å²) >= 11 is 0. The fourth-order valence-corrected chi connectivity index (χ4v) is 4.97. The normalized spacial score (nSPS) is 19.6. The molecule has 3 N–H and O–H groups in total. The first-order chi connectivity index (χ1) is 17.4. The molecule has 2 aromatic heterocycles. The molecule has 2 fully saturated rings. The van der Waals surface area contributed by atoms with E-state index in [0.29, 0.717) is 40.6 Å². The van der Waals surface area contributed by atoms with Gasteiger partial charge < -0.3 is 25.1 Å². The Hall–Kier alpha value is -3.62. The van der Waals surface area contributed by atoms with Crippen molar-refractivity contribution in [1.29, 1.82) is 0 Å². The maximum absolute atomic E-state index is 13.4. The van der Waals surface area contributed by atoms with E-state index in [4.69, 9.17) is 9.47 Å². The number of aromatic nitrogens is 3. The zero-order chi connectivity index (χ0) is 25.2. The Kier molecular flexibility index (Phi) is 6.80. The molecule has 3 aromatic rings. The fraction of sp³-hybridized carbons (Fsp3) is 0.481. The van der Waals surface area contributed by atoms with E-state index in [2.05, 4.69) is 25.6 Å². The van der Waals surface area contributed by atoms with Crippen LogP contribution in [-0.2, 0) is 4.79 Å². The molecule has 9 nitrogen and oxygen atoms in total. The smallest absolute Gasteiger partial charge is 0.255 e. The second kappa shape index (κ2) is 10.2. The molecule has 36 heavy (non-hydrogen) atoms. The molecule has 0 spiro atoms. The second-order valence-electron chi connectivity index (χ2n) is 9.91. The molecule has 5 rings (SSSR count). The van der Waals surface area contributed by atoms with Crippen molar-refractivity contribution in [3.63, 3.8) is 0 Å². The zero-order valence-corrected chi connectivity index (χ0v) is 21.0. The Labute approximate surface area is 210 Å². The lowest BCUT2D eigenvalue weighted by molar-refractivity contribution is -0.119. The Balaban J connectivity index is 1.41. The van der Waals surface area contributed by atoms with E-state index < -0.39 is 0 Å². The van der Waals surface area contributed by atoms with Crippen LogP contribution >= 0.6 is 0 Å². The molecule has 0 radical (unpaired) electrons. The lowest BCUT2D eigenvalue weighted by Gasteiger charge is -2.29. The Morgan fingerprint density at radius 3 is 2.44 bits per heavy atom. The van der Waals surface area contributed by atoms with E-state index >= 15 is 0 Å². The third-order valence-corrected chi connectivity index (χ3v) is 7.08. The number of rotatable bonds is 8. The van der Waals surface area contributed by atoms with E-state index in [1.807, 2.05) is 25.1 Å². The van der Waals surface area contributed by atoms with Crippen molar-refractivity contribution in [2.24, 2.45) is 5.92 Å². The van der Waals surface area contributed by atoms with Crippen molar-refractivity contribution < 1.29 is 19.1 Å². The van der Waals surface area contributed by atoms with Gasteiger partial charge in [-0.25, -0.2) is 9.97 Å². The molecule has 9 heteroatoms. The molecule has 0 saturated heterocycles. The molecule has 190 valence electrons. The highest BCUT2D eigenvalue weighted by molar-refractivity contribution is 6.09. The first kappa shape index (κ1) is 24.1. The lowest BCUT2D eigenvalue weighted by Crippen LogP contribution is -2.43. The first-order valence-electron chi connectivity index (χ1n) is 12.7. The standard InChI is InChI=1S/C27H33N5O4/c1-15-23(27(34)32-19-8-6-18(7-9-19)31-16(2)33)25-26(30-15)24(28-14-29-25)21-12-20(35-3)10-11-22(21)36-13-17-4-5-17/h10-12,14,17-19,30H,4-9,13H2,1-3H3,(H,31,33)(H,32,34). The average molecular weight is 492 g/mol. The molecule has 0 aliphatic heterocycles. The van der Waals surface area contributed by atoms with Crippen LogP contribution in [-0.4, -0.2) is 52.6 Å². The van der Waals surface area contributed by atoms with Crippen molar-refractivity contribution in [2.75, 3.05) is 13.7 Å². The lowest BCUT2D eigenvalue weighted by atomic mass is 9.91. The van der Waals surface area contributed by atoms with E-state index in [1.165, 1.54) is 26.1 Å². The average Bonchev–Trinajstić information content (AvgIpc) is 3.63. The van der Waals surface area contributed by atoms with E-state index in [-0.39, 0.29) is 23.9 Å². The number of ether oxygens (including phenoxy) is 2. The molecule has 0 atom stereocenters. The summed E-state index contributed by atoms with van der Waals surface area (Å²) in [6, 6.07) is 5.94. The molecule has 2 heterocycles. The third-order valence-electron chi connectivity index (χ3n) is 7.08. The van der Waals surface area contributed by atoms with Crippen molar-refractivity contribution >= 4 is 22.8 Å². The van der Waals surface area contributed by atoms with Gasteiger partial charge in [0.15, 0.2) is 0 Å². The van der Waals surface area contributed by atoms with Crippen molar-refractivity contribution in [3.8, 4) is 22.8 Å². The van der Waals surface area contributed by atoms with Crippen LogP contribution in [0, 0.1) is 12.8 Å². The highest BCUT2D eigenvalue weighted by Gasteiger charge is 2.27. The number of benzene rings is 1. The van der Waals surface area contributed by atoms with Gasteiger partial charge in [0.05, 0.1) is 24.8 Å². The molecule has 2 saturated carbocycles. The maximum atomic E-state index is 13.4. The number of aromatic amines is 1. The minimum atomic E-state index is -0.151. The molecule has 0 bridgehead atoms. The van der Waals surface area contributed by atoms with Crippen LogP contribution in [0.5, 0.6) is 11.5 Å². The van der Waals surface area contributed by atoms with Gasteiger partial charge in [0.25, 0.3) is 5.91 Å². The van der Waals surface area contributed by atoms with E-state index in [1.54, 1.807) is 7.11 Å². The summed E-state index contributed by atoms with van der Waals surface area (Å²) in [5.41, 5.74) is 4.01. The van der Waals surface area contributed by atoms with Crippen LogP contribution in [0.1, 0.15) is 61.5 Å². The summed E-state index contributed by atoms with van der Waals surface area (Å²) in [4.78, 5) is 37.1. The third kappa shape index (κ3) is 5.15. The number of hydrogen-bond acceptors (Lipinski definition) is 6. The zero-order valence-electron chi connectivity index (χ0n) is 21.0. The molecular weight excluding hydrogens is 458 g/mol. The van der Waals surface area contributed by atoms with Crippen molar-refractivity contribution in [2.45, 2.75) is 64.5 Å². The molecular formula is C27H33N5O4. The maximum Gasteiger partial charge on any atom is 0.255 e. The number of amides is 2. The van der Waals surface area contributed by atoms with Gasteiger partial charge in [0, 0.05) is 30.3 Å². The van der Waals surface area contributed by atoms with Crippen LogP contribution in [0.4, 0.5) is 0 Å². The van der Waals surface area contributed by atoms with Crippen molar-refractivity contribution in [1.82, 2.24) is 25.6 Å². The number of H-pyrrole nitrogens is 1. The monoisotopic (exact) mass is 491 g/mol. The number of carbonyl (C=O) groups excluding carboxylic acids is 2. The number of aryl methyl sites for hydroxylation is 1. The van der Waals surface area contributed by atoms with Crippen molar-refractivity contribution in [3.05, 3.63) is 35.8 Å². The fourth-order valence-electron chi connectivity index (χ4n) is 4.97. The summed E-state index contributed by atoms with van der Waals surface area (Å²) in [6.07, 6.45) is 7.24. The number of carbonyl (C=O) groups is 2. The Bertz CT molecular complexity index is 1270. The van der Waals surface area contributed by atoms with Gasteiger partial charge in [-0.2, -0.15) is 0 Å². The Morgan fingerprint density at radius 2 is 1.78 bits per heavy atom. The van der Waals surface area contributed by atoms with Gasteiger partial charge in [-0.15, -0.1) is 0 Å². The van der Waals surface area contributed by atoms with Crippen LogP contribution in [0.15, 0.2) is 24.5 Å². The second-order valence-corrected chi connectivity index (χ2v) is 9.91. The minimum absolute atomic E-state index is 0.00970. The van der Waals surface area contributed by atoms with Gasteiger partial charge in [0.2, 0.25) is 5.91 Å². The predicted molar refractivity (Wildman–Crippen MR) is 136 cm³/mol. The number of nitrogens with one attached hydrogen (secondary N) is 3. The van der Waals surface area contributed by atoms with Gasteiger partial charge >= 0.3 is 0 Å². The number of nitrogens with zero attached hydrogens (tertiary/aromatic N) is 2. The van der Waals surface area contributed by atoms with Crippen LogP contribution in [0.25, 0.3) is 22.3 Å². The molecule has 2 aliphatic rings. The topological polar surface area (TPSA) is 118 Å². The van der Waals surface area contributed by atoms with Gasteiger partial charge in [-0.3, -0.25) is 9.59 Å². The van der Waals surface area contributed by atoms with Gasteiger partial charge in [0.1, 0.15) is 29.0 Å². The quantitative estimate of drug-likeness (QED) is 0.440. The SMILES string of the molecule is COc1ccc(OCC2CC2)c(-c2ncnc3c(C(=O)NC4CCC(NC(C)=O)CC4)c(C)[nH]c23)c1.